The largest absolute Gasteiger partial charge is 0.490 e. The monoisotopic (exact) mass is 512 g/mol. The summed E-state index contributed by atoms with van der Waals surface area (Å²) >= 11 is 2.36. The van der Waals surface area contributed by atoms with Gasteiger partial charge in [0.25, 0.3) is 11.1 Å². The Morgan fingerprint density at radius 3 is 2.63 bits per heavy atom. The van der Waals surface area contributed by atoms with Gasteiger partial charge < -0.3 is 14.8 Å². The van der Waals surface area contributed by atoms with Gasteiger partial charge in [-0.05, 0) is 80.3 Å². The molecule has 1 heterocycles. The minimum Gasteiger partial charge on any atom is -0.490 e. The fourth-order valence-corrected chi connectivity index (χ4v) is 4.78. The number of ether oxygens (including phenoxy) is 2. The summed E-state index contributed by atoms with van der Waals surface area (Å²) in [4.78, 5) is 40.2. The second-order valence-electron chi connectivity index (χ2n) is 7.41. The number of hydrogen-bond donors (Lipinski definition) is 1. The van der Waals surface area contributed by atoms with E-state index in [2.05, 4.69) is 11.9 Å². The number of amides is 3. The molecule has 2 aromatic rings. The van der Waals surface area contributed by atoms with Crippen molar-refractivity contribution in [3.8, 4) is 11.5 Å². The molecule has 7 nitrogen and oxygen atoms in total. The third-order valence-corrected chi connectivity index (χ3v) is 6.57. The molecule has 0 radical (unpaired) electrons. The van der Waals surface area contributed by atoms with Crippen LogP contribution in [0.3, 0.4) is 0 Å². The fraction of sp³-hybridized carbons (Fsp3) is 0.269. The molecule has 0 aromatic heterocycles. The molecule has 2 aromatic carbocycles. The minimum atomic E-state index is -0.509. The molecule has 1 N–H and O–H groups in total. The molecule has 0 spiro atoms. The summed E-state index contributed by atoms with van der Waals surface area (Å²) in [5.74, 6) is 0.248. The van der Waals surface area contributed by atoms with Gasteiger partial charge in [0.2, 0.25) is 5.91 Å². The number of thioether (sulfide) groups is 2. The van der Waals surface area contributed by atoms with Crippen LogP contribution >= 0.6 is 23.5 Å². The number of anilines is 1. The Hall–Kier alpha value is -3.17. The highest BCUT2D eigenvalue weighted by atomic mass is 32.2. The van der Waals surface area contributed by atoms with Crippen molar-refractivity contribution in [1.29, 1.82) is 0 Å². The molecular formula is C26H28N2O5S2. The Balaban J connectivity index is 1.81. The highest BCUT2D eigenvalue weighted by Gasteiger charge is 2.36. The molecule has 1 aliphatic rings. The zero-order valence-corrected chi connectivity index (χ0v) is 21.6. The number of allylic oxidation sites excluding steroid dienone is 1. The Labute approximate surface area is 213 Å². The Morgan fingerprint density at radius 2 is 1.94 bits per heavy atom. The summed E-state index contributed by atoms with van der Waals surface area (Å²) < 4.78 is 11.6. The molecule has 1 saturated heterocycles. The van der Waals surface area contributed by atoms with Gasteiger partial charge in [0, 0.05) is 16.1 Å². The number of nitrogens with zero attached hydrogens (tertiary/aromatic N) is 1. The van der Waals surface area contributed by atoms with Crippen molar-refractivity contribution in [2.75, 3.05) is 31.3 Å². The van der Waals surface area contributed by atoms with E-state index in [1.54, 1.807) is 36.0 Å². The van der Waals surface area contributed by atoms with Crippen molar-refractivity contribution >= 4 is 52.3 Å². The predicted octanol–water partition coefficient (Wildman–Crippen LogP) is 5.61. The van der Waals surface area contributed by atoms with Gasteiger partial charge in [-0.1, -0.05) is 12.1 Å². The van der Waals surface area contributed by atoms with Gasteiger partial charge in [0.15, 0.2) is 11.5 Å². The van der Waals surface area contributed by atoms with Crippen molar-refractivity contribution in [1.82, 2.24) is 4.90 Å². The molecule has 0 unspecified atom stereocenters. The van der Waals surface area contributed by atoms with Gasteiger partial charge in [0.05, 0.1) is 18.1 Å². The molecular weight excluding hydrogens is 484 g/mol. The second-order valence-corrected chi connectivity index (χ2v) is 9.29. The lowest BCUT2D eigenvalue weighted by molar-refractivity contribution is -0.127. The van der Waals surface area contributed by atoms with Gasteiger partial charge in [-0.15, -0.1) is 18.3 Å². The number of hydrogen-bond acceptors (Lipinski definition) is 7. The van der Waals surface area contributed by atoms with Crippen molar-refractivity contribution in [2.45, 2.75) is 25.2 Å². The van der Waals surface area contributed by atoms with Crippen molar-refractivity contribution in [3.05, 3.63) is 65.1 Å². The average molecular weight is 513 g/mol. The van der Waals surface area contributed by atoms with Crippen molar-refractivity contribution in [3.63, 3.8) is 0 Å². The lowest BCUT2D eigenvalue weighted by atomic mass is 10.0. The maximum atomic E-state index is 13.0. The lowest BCUT2D eigenvalue weighted by Gasteiger charge is -2.16. The Morgan fingerprint density at radius 1 is 1.17 bits per heavy atom. The maximum Gasteiger partial charge on any atom is 0.294 e. The van der Waals surface area contributed by atoms with Crippen LogP contribution in [0.15, 0.2) is 58.9 Å². The quantitative estimate of drug-likeness (QED) is 0.238. The van der Waals surface area contributed by atoms with Crippen LogP contribution in [0.1, 0.15) is 25.0 Å². The second kappa shape index (κ2) is 12.5. The number of benzene rings is 2. The van der Waals surface area contributed by atoms with Crippen LogP contribution in [-0.2, 0) is 16.0 Å². The van der Waals surface area contributed by atoms with Gasteiger partial charge in [-0.25, -0.2) is 0 Å². The molecule has 1 aliphatic heterocycles. The molecule has 35 heavy (non-hydrogen) atoms. The van der Waals surface area contributed by atoms with E-state index in [-0.39, 0.29) is 11.4 Å². The first-order valence-corrected chi connectivity index (χ1v) is 13.2. The van der Waals surface area contributed by atoms with E-state index in [1.807, 2.05) is 44.4 Å². The summed E-state index contributed by atoms with van der Waals surface area (Å²) in [6, 6.07) is 11.0. The Kier molecular flexibility index (Phi) is 9.45. The van der Waals surface area contributed by atoms with Gasteiger partial charge in [0.1, 0.15) is 6.54 Å². The number of rotatable bonds is 11. The van der Waals surface area contributed by atoms with E-state index in [4.69, 9.17) is 9.47 Å². The van der Waals surface area contributed by atoms with Gasteiger partial charge >= 0.3 is 0 Å². The van der Waals surface area contributed by atoms with E-state index in [0.29, 0.717) is 42.4 Å². The van der Waals surface area contributed by atoms with E-state index in [0.717, 1.165) is 27.1 Å². The summed E-state index contributed by atoms with van der Waals surface area (Å²) in [5.41, 5.74) is 2.17. The molecule has 9 heteroatoms. The Bertz CT molecular complexity index is 1160. The third kappa shape index (κ3) is 6.70. The van der Waals surface area contributed by atoms with Crippen LogP contribution < -0.4 is 14.8 Å². The molecule has 0 saturated carbocycles. The number of carbonyl (C=O) groups excluding carboxylic acids is 3. The van der Waals surface area contributed by atoms with Gasteiger partial charge in [-0.3, -0.25) is 19.3 Å². The highest BCUT2D eigenvalue weighted by molar-refractivity contribution is 8.18. The number of carbonyl (C=O) groups is 3. The molecule has 184 valence electrons. The summed E-state index contributed by atoms with van der Waals surface area (Å²) in [5, 5.41) is 2.25. The van der Waals surface area contributed by atoms with E-state index in [1.165, 1.54) is 0 Å². The third-order valence-electron chi connectivity index (χ3n) is 4.93. The van der Waals surface area contributed by atoms with Crippen LogP contribution in [-0.4, -0.2) is 48.0 Å². The number of imide groups is 1. The zero-order chi connectivity index (χ0) is 25.4. The topological polar surface area (TPSA) is 84.9 Å². The summed E-state index contributed by atoms with van der Waals surface area (Å²) in [6.07, 6.45) is 5.89. The first-order valence-electron chi connectivity index (χ1n) is 11.1. The summed E-state index contributed by atoms with van der Waals surface area (Å²) in [7, 11) is 0. The standard InChI is InChI=1S/C26H28N2O5S2/c1-5-9-18-12-17(13-21(32-6-2)24(18)33-7-3)14-22-25(30)28(26(31)35-22)16-23(29)27-19-10-8-11-20(15-19)34-4/h5,8,10-15H,1,6-7,9,16H2,2-4H3,(H,27,29)/b22-14+. The molecule has 0 bridgehead atoms. The van der Waals surface area contributed by atoms with Crippen molar-refractivity contribution < 1.29 is 23.9 Å². The SMILES string of the molecule is C=CCc1cc(/C=C2/SC(=O)N(CC(=O)Nc3cccc(SC)c3)C2=O)cc(OCC)c1OCC. The average Bonchev–Trinajstić information content (AvgIpc) is 3.09. The van der Waals surface area contributed by atoms with Crippen LogP contribution in [0.2, 0.25) is 0 Å². The molecule has 1 fully saturated rings. The zero-order valence-electron chi connectivity index (χ0n) is 20.0. The fourth-order valence-electron chi connectivity index (χ4n) is 3.48. The first kappa shape index (κ1) is 26.4. The predicted molar refractivity (Wildman–Crippen MR) is 142 cm³/mol. The maximum absolute atomic E-state index is 13.0. The smallest absolute Gasteiger partial charge is 0.294 e. The summed E-state index contributed by atoms with van der Waals surface area (Å²) in [6.45, 7) is 8.14. The first-order chi connectivity index (χ1) is 16.9. The van der Waals surface area contributed by atoms with E-state index < -0.39 is 17.1 Å². The molecule has 3 amide bonds. The van der Waals surface area contributed by atoms with E-state index >= 15 is 0 Å². The normalized spacial score (nSPS) is 14.4. The number of nitrogens with one attached hydrogen (secondary N) is 1. The lowest BCUT2D eigenvalue weighted by Crippen LogP contribution is -2.36. The van der Waals surface area contributed by atoms with Crippen molar-refractivity contribution in [2.24, 2.45) is 0 Å². The molecule has 0 atom stereocenters. The van der Waals surface area contributed by atoms with E-state index in [9.17, 15) is 14.4 Å². The van der Waals surface area contributed by atoms with Crippen LogP contribution in [0.25, 0.3) is 6.08 Å². The van der Waals surface area contributed by atoms with Crippen LogP contribution in [0.5, 0.6) is 11.5 Å². The molecule has 3 rings (SSSR count). The highest BCUT2D eigenvalue weighted by Crippen LogP contribution is 2.37. The van der Waals surface area contributed by atoms with Crippen LogP contribution in [0.4, 0.5) is 10.5 Å². The van der Waals surface area contributed by atoms with Crippen LogP contribution in [0, 0.1) is 0 Å². The van der Waals surface area contributed by atoms with Gasteiger partial charge in [-0.2, -0.15) is 0 Å². The minimum absolute atomic E-state index is 0.239. The molecule has 0 aliphatic carbocycles.